The molecular weight excluding hydrogens is 230 g/mol. The number of hydrogen-bond donors (Lipinski definition) is 2. The summed E-state index contributed by atoms with van der Waals surface area (Å²) in [6, 6.07) is 7.56. The normalized spacial score (nSPS) is 16.1. The molecule has 18 heavy (non-hydrogen) atoms. The molecule has 0 heterocycles. The molecule has 4 heteroatoms. The number of rotatable bonds is 5. The number of carbonyl (C=O) groups is 2. The predicted octanol–water partition coefficient (Wildman–Crippen LogP) is 2.58. The average Bonchev–Trinajstić information content (AvgIpc) is 3.00. The molecule has 0 aromatic heterocycles. The van der Waals surface area contributed by atoms with E-state index < -0.39 is 5.97 Å². The molecule has 4 nitrogen and oxygen atoms in total. The van der Waals surface area contributed by atoms with Gasteiger partial charge in [-0.3, -0.25) is 9.59 Å². The van der Waals surface area contributed by atoms with Crippen molar-refractivity contribution in [1.82, 2.24) is 0 Å². The number of hydrogen-bond acceptors (Lipinski definition) is 2. The molecule has 0 bridgehead atoms. The van der Waals surface area contributed by atoms with Crippen LogP contribution in [0.25, 0.3) is 0 Å². The number of anilines is 1. The molecule has 0 spiro atoms. The van der Waals surface area contributed by atoms with Crippen LogP contribution in [0.1, 0.15) is 31.2 Å². The molecule has 1 fully saturated rings. The SMILES string of the molecule is Cc1ccccc1NC(=O)CC1(CC(=O)O)CC1. The Hall–Kier alpha value is -1.84. The van der Waals surface area contributed by atoms with Crippen molar-refractivity contribution >= 4 is 17.6 Å². The molecule has 2 N–H and O–H groups in total. The van der Waals surface area contributed by atoms with Gasteiger partial charge in [-0.2, -0.15) is 0 Å². The largest absolute Gasteiger partial charge is 0.481 e. The number of aliphatic carboxylic acids is 1. The van der Waals surface area contributed by atoms with E-state index in [0.29, 0.717) is 6.42 Å². The highest BCUT2D eigenvalue weighted by atomic mass is 16.4. The summed E-state index contributed by atoms with van der Waals surface area (Å²) in [5.74, 6) is -0.917. The number of para-hydroxylation sites is 1. The van der Waals surface area contributed by atoms with E-state index in [9.17, 15) is 9.59 Å². The molecule has 1 aliphatic carbocycles. The smallest absolute Gasteiger partial charge is 0.303 e. The lowest BCUT2D eigenvalue weighted by atomic mass is 9.97. The monoisotopic (exact) mass is 247 g/mol. The maximum Gasteiger partial charge on any atom is 0.303 e. The van der Waals surface area contributed by atoms with Crippen LogP contribution in [0.2, 0.25) is 0 Å². The number of benzene rings is 1. The Labute approximate surface area is 106 Å². The summed E-state index contributed by atoms with van der Waals surface area (Å²) >= 11 is 0. The minimum atomic E-state index is -0.823. The van der Waals surface area contributed by atoms with Gasteiger partial charge in [-0.15, -0.1) is 0 Å². The van der Waals surface area contributed by atoms with Crippen molar-refractivity contribution < 1.29 is 14.7 Å². The summed E-state index contributed by atoms with van der Waals surface area (Å²) in [6.45, 7) is 1.93. The topological polar surface area (TPSA) is 66.4 Å². The summed E-state index contributed by atoms with van der Waals surface area (Å²) in [4.78, 5) is 22.6. The number of carbonyl (C=O) groups excluding carboxylic acids is 1. The van der Waals surface area contributed by atoms with Gasteiger partial charge in [0, 0.05) is 12.1 Å². The molecule has 1 aromatic carbocycles. The van der Waals surface area contributed by atoms with Gasteiger partial charge in [0.15, 0.2) is 0 Å². The third kappa shape index (κ3) is 3.09. The lowest BCUT2D eigenvalue weighted by Gasteiger charge is -2.13. The van der Waals surface area contributed by atoms with E-state index in [-0.39, 0.29) is 17.7 Å². The van der Waals surface area contributed by atoms with Gasteiger partial charge in [0.2, 0.25) is 5.91 Å². The Morgan fingerprint density at radius 2 is 1.94 bits per heavy atom. The lowest BCUT2D eigenvalue weighted by molar-refractivity contribution is -0.138. The first-order chi connectivity index (χ1) is 8.51. The molecule has 0 unspecified atom stereocenters. The Bertz CT molecular complexity index is 478. The van der Waals surface area contributed by atoms with Crippen LogP contribution in [0.5, 0.6) is 0 Å². The van der Waals surface area contributed by atoms with Crippen LogP contribution in [0.15, 0.2) is 24.3 Å². The first-order valence-electron chi connectivity index (χ1n) is 6.08. The first kappa shape index (κ1) is 12.6. The highest BCUT2D eigenvalue weighted by molar-refractivity contribution is 5.92. The van der Waals surface area contributed by atoms with Crippen molar-refractivity contribution in [2.45, 2.75) is 32.6 Å². The Kier molecular flexibility index (Phi) is 3.36. The van der Waals surface area contributed by atoms with E-state index in [1.807, 2.05) is 31.2 Å². The summed E-state index contributed by atoms with van der Waals surface area (Å²) < 4.78 is 0. The van der Waals surface area contributed by atoms with Crippen LogP contribution in [-0.4, -0.2) is 17.0 Å². The number of carboxylic acid groups (broad SMARTS) is 1. The zero-order chi connectivity index (χ0) is 13.2. The van der Waals surface area contributed by atoms with E-state index >= 15 is 0 Å². The quantitative estimate of drug-likeness (QED) is 0.840. The number of nitrogens with one attached hydrogen (secondary N) is 1. The van der Waals surface area contributed by atoms with E-state index in [1.54, 1.807) is 0 Å². The van der Waals surface area contributed by atoms with Crippen molar-refractivity contribution in [3.05, 3.63) is 29.8 Å². The predicted molar refractivity (Wildman–Crippen MR) is 68.3 cm³/mol. The van der Waals surface area contributed by atoms with Crippen LogP contribution < -0.4 is 5.32 Å². The summed E-state index contributed by atoms with van der Waals surface area (Å²) in [7, 11) is 0. The Balaban J connectivity index is 1.94. The standard InChI is InChI=1S/C14H17NO3/c1-10-4-2-3-5-11(10)15-12(16)8-14(6-7-14)9-13(17)18/h2-5H,6-9H2,1H3,(H,15,16)(H,17,18). The second kappa shape index (κ2) is 4.80. The molecule has 0 atom stereocenters. The molecular formula is C14H17NO3. The minimum absolute atomic E-state index is 0.0915. The third-order valence-corrected chi connectivity index (χ3v) is 3.44. The molecule has 1 amide bonds. The molecule has 96 valence electrons. The van der Waals surface area contributed by atoms with Gasteiger partial charge >= 0.3 is 5.97 Å². The summed E-state index contributed by atoms with van der Waals surface area (Å²) in [6.07, 6.45) is 2.06. The zero-order valence-corrected chi connectivity index (χ0v) is 10.4. The maximum absolute atomic E-state index is 11.9. The van der Waals surface area contributed by atoms with Crippen molar-refractivity contribution in [1.29, 1.82) is 0 Å². The van der Waals surface area contributed by atoms with Crippen LogP contribution in [0, 0.1) is 12.3 Å². The van der Waals surface area contributed by atoms with E-state index in [1.165, 1.54) is 0 Å². The fraction of sp³-hybridized carbons (Fsp3) is 0.429. The zero-order valence-electron chi connectivity index (χ0n) is 10.4. The van der Waals surface area contributed by atoms with Crippen molar-refractivity contribution in [3.8, 4) is 0 Å². The molecule has 0 saturated heterocycles. The molecule has 1 aromatic rings. The fourth-order valence-corrected chi connectivity index (χ4v) is 2.16. The van der Waals surface area contributed by atoms with Crippen molar-refractivity contribution in [2.75, 3.05) is 5.32 Å². The van der Waals surface area contributed by atoms with Gasteiger partial charge in [0.05, 0.1) is 6.42 Å². The lowest BCUT2D eigenvalue weighted by Crippen LogP contribution is -2.19. The maximum atomic E-state index is 11.9. The Morgan fingerprint density at radius 1 is 1.28 bits per heavy atom. The van der Waals surface area contributed by atoms with Crippen LogP contribution in [0.3, 0.4) is 0 Å². The van der Waals surface area contributed by atoms with Crippen LogP contribution in [0.4, 0.5) is 5.69 Å². The molecule has 1 saturated carbocycles. The van der Waals surface area contributed by atoms with Gasteiger partial charge in [-0.1, -0.05) is 18.2 Å². The van der Waals surface area contributed by atoms with Gasteiger partial charge in [-0.05, 0) is 36.8 Å². The first-order valence-corrected chi connectivity index (χ1v) is 6.08. The highest BCUT2D eigenvalue weighted by Gasteiger charge is 2.45. The van der Waals surface area contributed by atoms with Gasteiger partial charge in [0.25, 0.3) is 0 Å². The van der Waals surface area contributed by atoms with Crippen molar-refractivity contribution in [3.63, 3.8) is 0 Å². The van der Waals surface area contributed by atoms with E-state index in [0.717, 1.165) is 24.1 Å². The molecule has 2 rings (SSSR count). The fourth-order valence-electron chi connectivity index (χ4n) is 2.16. The van der Waals surface area contributed by atoms with E-state index in [2.05, 4.69) is 5.32 Å². The number of aryl methyl sites for hydroxylation is 1. The van der Waals surface area contributed by atoms with Gasteiger partial charge in [0.1, 0.15) is 0 Å². The van der Waals surface area contributed by atoms with Crippen molar-refractivity contribution in [2.24, 2.45) is 5.41 Å². The molecule has 1 aliphatic rings. The van der Waals surface area contributed by atoms with Crippen LogP contribution >= 0.6 is 0 Å². The molecule has 0 aliphatic heterocycles. The van der Waals surface area contributed by atoms with E-state index in [4.69, 9.17) is 5.11 Å². The second-order valence-electron chi connectivity index (χ2n) is 5.11. The highest BCUT2D eigenvalue weighted by Crippen LogP contribution is 2.51. The summed E-state index contributed by atoms with van der Waals surface area (Å²) in [5.41, 5.74) is 1.51. The number of amides is 1. The van der Waals surface area contributed by atoms with Crippen LogP contribution in [-0.2, 0) is 9.59 Å². The van der Waals surface area contributed by atoms with Gasteiger partial charge < -0.3 is 10.4 Å². The van der Waals surface area contributed by atoms with Gasteiger partial charge in [-0.25, -0.2) is 0 Å². The average molecular weight is 247 g/mol. The summed E-state index contributed by atoms with van der Waals surface area (Å²) in [5, 5.41) is 11.7. The number of carboxylic acids is 1. The third-order valence-electron chi connectivity index (χ3n) is 3.44. The Morgan fingerprint density at radius 3 is 2.50 bits per heavy atom. The minimum Gasteiger partial charge on any atom is -0.481 e. The second-order valence-corrected chi connectivity index (χ2v) is 5.11. The molecule has 0 radical (unpaired) electrons.